The van der Waals surface area contributed by atoms with Crippen molar-refractivity contribution in [2.45, 2.75) is 16.6 Å². The summed E-state index contributed by atoms with van der Waals surface area (Å²) in [6, 6.07) is 13.1. The highest BCUT2D eigenvalue weighted by Crippen LogP contribution is 2.33. The molecule has 2 rings (SSSR count). The summed E-state index contributed by atoms with van der Waals surface area (Å²) in [4.78, 5) is 11.8. The van der Waals surface area contributed by atoms with E-state index in [0.717, 1.165) is 11.1 Å². The van der Waals surface area contributed by atoms with Crippen molar-refractivity contribution in [1.82, 2.24) is 0 Å². The van der Waals surface area contributed by atoms with E-state index in [1.165, 1.54) is 0 Å². The summed E-state index contributed by atoms with van der Waals surface area (Å²) in [7, 11) is 0. The maximum absolute atomic E-state index is 12.4. The van der Waals surface area contributed by atoms with E-state index in [9.17, 15) is 4.79 Å². The number of alkyl halides is 2. The molecular formula is C16H13Br2Cl2NO. The average Bonchev–Trinajstić information content (AvgIpc) is 2.52. The van der Waals surface area contributed by atoms with Crippen molar-refractivity contribution in [3.8, 4) is 0 Å². The Morgan fingerprint density at radius 1 is 1.09 bits per heavy atom. The van der Waals surface area contributed by atoms with Gasteiger partial charge in [-0.05, 0) is 30.2 Å². The van der Waals surface area contributed by atoms with Crippen LogP contribution in [0.25, 0.3) is 0 Å². The van der Waals surface area contributed by atoms with Crippen LogP contribution in [0.3, 0.4) is 0 Å². The second-order valence-corrected chi connectivity index (χ2v) is 7.57. The number of nitrogens with one attached hydrogen (secondary N) is 1. The summed E-state index contributed by atoms with van der Waals surface area (Å²) in [5.41, 5.74) is 2.52. The minimum Gasteiger partial charge on any atom is -0.325 e. The molecule has 0 heterocycles. The zero-order valence-corrected chi connectivity index (χ0v) is 16.3. The SMILES string of the molecule is Cc1cc(Cl)c(Cl)cc1NC(=O)[C@@H](Br)[C@@H](Br)c1ccccc1. The Morgan fingerprint density at radius 3 is 2.32 bits per heavy atom. The fourth-order valence-electron chi connectivity index (χ4n) is 1.92. The van der Waals surface area contributed by atoms with E-state index in [-0.39, 0.29) is 10.7 Å². The molecule has 2 nitrogen and oxygen atoms in total. The smallest absolute Gasteiger partial charge is 0.239 e. The summed E-state index contributed by atoms with van der Waals surface area (Å²) in [6.45, 7) is 1.86. The van der Waals surface area contributed by atoms with Gasteiger partial charge in [-0.25, -0.2) is 0 Å². The Hall–Kier alpha value is -0.550. The zero-order valence-electron chi connectivity index (χ0n) is 11.6. The summed E-state index contributed by atoms with van der Waals surface area (Å²) < 4.78 is 0. The van der Waals surface area contributed by atoms with Crippen LogP contribution in [0.1, 0.15) is 16.0 Å². The average molecular weight is 466 g/mol. The second-order valence-electron chi connectivity index (χ2n) is 4.78. The molecule has 0 fully saturated rings. The maximum Gasteiger partial charge on any atom is 0.239 e. The first-order valence-electron chi connectivity index (χ1n) is 6.49. The Labute approximate surface area is 156 Å². The standard InChI is InChI=1S/C16H13Br2Cl2NO/c1-9-7-11(19)12(20)8-13(9)21-16(22)15(18)14(17)10-5-3-2-4-6-10/h2-8,14-15H,1H3,(H,21,22)/t14-,15-/m0/s1. The van der Waals surface area contributed by atoms with E-state index in [0.29, 0.717) is 15.7 Å². The largest absolute Gasteiger partial charge is 0.325 e. The van der Waals surface area contributed by atoms with Gasteiger partial charge in [-0.15, -0.1) is 0 Å². The number of benzene rings is 2. The predicted octanol–water partition coefficient (Wildman–Crippen LogP) is 6.14. The van der Waals surface area contributed by atoms with Gasteiger partial charge < -0.3 is 5.32 Å². The lowest BCUT2D eigenvalue weighted by Crippen LogP contribution is -2.26. The van der Waals surface area contributed by atoms with Crippen LogP contribution in [0.5, 0.6) is 0 Å². The van der Waals surface area contributed by atoms with E-state index >= 15 is 0 Å². The summed E-state index contributed by atoms with van der Waals surface area (Å²) in [5.74, 6) is -0.160. The first kappa shape index (κ1) is 17.8. The fraction of sp³-hybridized carbons (Fsp3) is 0.188. The molecular weight excluding hydrogens is 453 g/mol. The van der Waals surface area contributed by atoms with Crippen molar-refractivity contribution in [2.24, 2.45) is 0 Å². The molecule has 0 saturated carbocycles. The molecule has 2 atom stereocenters. The lowest BCUT2D eigenvalue weighted by Gasteiger charge is -2.18. The molecule has 1 N–H and O–H groups in total. The monoisotopic (exact) mass is 463 g/mol. The molecule has 0 aliphatic rings. The highest BCUT2D eigenvalue weighted by atomic mass is 79.9. The molecule has 0 unspecified atom stereocenters. The van der Waals surface area contributed by atoms with Crippen LogP contribution in [0.15, 0.2) is 42.5 Å². The molecule has 2 aromatic rings. The highest BCUT2D eigenvalue weighted by molar-refractivity contribution is 9.12. The molecule has 2 aromatic carbocycles. The maximum atomic E-state index is 12.4. The third-order valence-electron chi connectivity index (χ3n) is 3.15. The van der Waals surface area contributed by atoms with Gasteiger partial charge in [-0.1, -0.05) is 85.4 Å². The van der Waals surface area contributed by atoms with E-state index in [2.05, 4.69) is 37.2 Å². The third kappa shape index (κ3) is 4.25. The van der Waals surface area contributed by atoms with Gasteiger partial charge in [0.1, 0.15) is 4.83 Å². The Bertz CT molecular complexity index is 679. The van der Waals surface area contributed by atoms with Crippen LogP contribution in [-0.2, 0) is 4.79 Å². The van der Waals surface area contributed by atoms with Crippen LogP contribution in [0.4, 0.5) is 5.69 Å². The van der Waals surface area contributed by atoms with E-state index in [1.54, 1.807) is 12.1 Å². The molecule has 0 radical (unpaired) electrons. The number of hydrogen-bond donors (Lipinski definition) is 1. The number of carbonyl (C=O) groups excluding carboxylic acids is 1. The molecule has 0 aromatic heterocycles. The molecule has 22 heavy (non-hydrogen) atoms. The molecule has 0 spiro atoms. The zero-order chi connectivity index (χ0) is 16.3. The van der Waals surface area contributed by atoms with Crippen LogP contribution < -0.4 is 5.32 Å². The first-order chi connectivity index (χ1) is 10.4. The van der Waals surface area contributed by atoms with Gasteiger partial charge >= 0.3 is 0 Å². The van der Waals surface area contributed by atoms with Gasteiger partial charge in [0.2, 0.25) is 5.91 Å². The van der Waals surface area contributed by atoms with Gasteiger partial charge in [0.15, 0.2) is 0 Å². The van der Waals surface area contributed by atoms with Gasteiger partial charge in [0.25, 0.3) is 0 Å². The van der Waals surface area contributed by atoms with Crippen LogP contribution in [0.2, 0.25) is 10.0 Å². The molecule has 0 saturated heterocycles. The number of carbonyl (C=O) groups is 1. The second kappa shape index (κ2) is 7.82. The van der Waals surface area contributed by atoms with Crippen molar-refractivity contribution in [3.05, 3.63) is 63.6 Å². The topological polar surface area (TPSA) is 29.1 Å². The molecule has 6 heteroatoms. The number of amides is 1. The van der Waals surface area contributed by atoms with Crippen molar-refractivity contribution in [2.75, 3.05) is 5.32 Å². The lowest BCUT2D eigenvalue weighted by molar-refractivity contribution is -0.115. The molecule has 0 aliphatic carbocycles. The Kier molecular flexibility index (Phi) is 6.33. The van der Waals surface area contributed by atoms with Gasteiger partial charge in [-0.2, -0.15) is 0 Å². The quantitative estimate of drug-likeness (QED) is 0.540. The first-order valence-corrected chi connectivity index (χ1v) is 9.08. The van der Waals surface area contributed by atoms with E-state index in [1.807, 2.05) is 37.3 Å². The number of aryl methyl sites for hydroxylation is 1. The van der Waals surface area contributed by atoms with E-state index < -0.39 is 4.83 Å². The molecule has 0 bridgehead atoms. The summed E-state index contributed by atoms with van der Waals surface area (Å²) in [6.07, 6.45) is 0. The van der Waals surface area contributed by atoms with Gasteiger partial charge in [-0.3, -0.25) is 4.79 Å². The van der Waals surface area contributed by atoms with Gasteiger partial charge in [0, 0.05) is 5.69 Å². The van der Waals surface area contributed by atoms with Crippen molar-refractivity contribution in [3.63, 3.8) is 0 Å². The minimum absolute atomic E-state index is 0.142. The number of rotatable bonds is 4. The van der Waals surface area contributed by atoms with Crippen molar-refractivity contribution >= 4 is 66.7 Å². The number of halogens is 4. The molecule has 1 amide bonds. The van der Waals surface area contributed by atoms with Crippen LogP contribution in [0, 0.1) is 6.92 Å². The van der Waals surface area contributed by atoms with E-state index in [4.69, 9.17) is 23.2 Å². The summed E-state index contributed by atoms with van der Waals surface area (Å²) in [5, 5.41) is 3.75. The van der Waals surface area contributed by atoms with Crippen molar-refractivity contribution < 1.29 is 4.79 Å². The minimum atomic E-state index is -0.427. The molecule has 116 valence electrons. The van der Waals surface area contributed by atoms with Crippen molar-refractivity contribution in [1.29, 1.82) is 0 Å². The normalized spacial score (nSPS) is 13.5. The van der Waals surface area contributed by atoms with Crippen LogP contribution in [-0.4, -0.2) is 10.7 Å². The highest BCUT2D eigenvalue weighted by Gasteiger charge is 2.25. The van der Waals surface area contributed by atoms with Crippen LogP contribution >= 0.6 is 55.1 Å². The third-order valence-corrected chi connectivity index (χ3v) is 6.58. The fourth-order valence-corrected chi connectivity index (χ4v) is 3.27. The number of anilines is 1. The lowest BCUT2D eigenvalue weighted by atomic mass is 10.1. The predicted molar refractivity (Wildman–Crippen MR) is 101 cm³/mol. The summed E-state index contributed by atoms with van der Waals surface area (Å²) >= 11 is 19.0. The molecule has 0 aliphatic heterocycles. The number of hydrogen-bond acceptors (Lipinski definition) is 1. The Balaban J connectivity index is 2.13. The Morgan fingerprint density at radius 2 is 1.68 bits per heavy atom. The van der Waals surface area contributed by atoms with Gasteiger partial charge in [0.05, 0.1) is 14.9 Å².